The molecule has 110 valence electrons. The van der Waals surface area contributed by atoms with Gasteiger partial charge >= 0.3 is 0 Å². The average molecular weight is 311 g/mol. The van der Waals surface area contributed by atoms with E-state index in [1.165, 1.54) is 5.75 Å². The second-order valence-corrected chi connectivity index (χ2v) is 5.97. The normalized spacial score (nSPS) is 15.2. The van der Waals surface area contributed by atoms with E-state index in [1.807, 2.05) is 17.8 Å². The van der Waals surface area contributed by atoms with Gasteiger partial charge in [-0.05, 0) is 36.7 Å². The monoisotopic (exact) mass is 311 g/mol. The fraction of sp³-hybridized carbons (Fsp3) is 0.615. The number of nitrogens with zero attached hydrogens (tertiary/aromatic N) is 4. The molecule has 1 aromatic rings. The number of aromatic nitrogens is 2. The molecule has 1 aliphatic heterocycles. The Kier molecular flexibility index (Phi) is 6.32. The molecule has 0 saturated carbocycles. The molecule has 0 bridgehead atoms. The molecule has 2 rings (SSSR count). The number of hydrogen-bond donors (Lipinski definition) is 1. The molecule has 0 spiro atoms. The molecular formula is C13H21N5S2. The predicted molar refractivity (Wildman–Crippen MR) is 89.4 cm³/mol. The van der Waals surface area contributed by atoms with Crippen LogP contribution in [0.4, 0.5) is 5.95 Å². The zero-order chi connectivity index (χ0) is 14.2. The van der Waals surface area contributed by atoms with Crippen molar-refractivity contribution in [3.8, 4) is 0 Å². The maximum Gasteiger partial charge on any atom is 0.225 e. The summed E-state index contributed by atoms with van der Waals surface area (Å²) < 4.78 is 0. The van der Waals surface area contributed by atoms with Crippen molar-refractivity contribution in [2.75, 3.05) is 49.6 Å². The van der Waals surface area contributed by atoms with Crippen molar-refractivity contribution in [1.29, 1.82) is 0 Å². The fourth-order valence-electron chi connectivity index (χ4n) is 2.09. The molecule has 1 aliphatic rings. The first-order chi connectivity index (χ1) is 9.81. The molecule has 1 saturated heterocycles. The minimum Gasteiger partial charge on any atom is -0.363 e. The molecule has 0 amide bonds. The van der Waals surface area contributed by atoms with Gasteiger partial charge in [-0.15, -0.1) is 0 Å². The zero-order valence-electron chi connectivity index (χ0n) is 11.8. The van der Waals surface area contributed by atoms with Gasteiger partial charge in [-0.1, -0.05) is 0 Å². The Morgan fingerprint density at radius 2 is 2.00 bits per heavy atom. The number of anilines is 1. The molecule has 0 aromatic carbocycles. The predicted octanol–water partition coefficient (Wildman–Crippen LogP) is 1.23. The van der Waals surface area contributed by atoms with Crippen molar-refractivity contribution < 1.29 is 0 Å². The molecule has 1 fully saturated rings. The Labute approximate surface area is 130 Å². The second kappa shape index (κ2) is 8.26. The van der Waals surface area contributed by atoms with Gasteiger partial charge in [0.1, 0.15) is 0 Å². The van der Waals surface area contributed by atoms with Crippen LogP contribution in [0, 0.1) is 0 Å². The van der Waals surface area contributed by atoms with Crippen LogP contribution >= 0.6 is 24.0 Å². The van der Waals surface area contributed by atoms with E-state index < -0.39 is 0 Å². The van der Waals surface area contributed by atoms with Gasteiger partial charge in [0.05, 0.1) is 0 Å². The lowest BCUT2D eigenvalue weighted by molar-refractivity contribution is 0.377. The topological polar surface area (TPSA) is 44.3 Å². The molecule has 2 heterocycles. The van der Waals surface area contributed by atoms with Crippen molar-refractivity contribution in [3.05, 3.63) is 18.5 Å². The van der Waals surface area contributed by atoms with E-state index in [4.69, 9.17) is 12.2 Å². The first-order valence-corrected chi connectivity index (χ1v) is 8.65. The Morgan fingerprint density at radius 3 is 2.65 bits per heavy atom. The Bertz CT molecular complexity index is 406. The summed E-state index contributed by atoms with van der Waals surface area (Å²) in [5.74, 6) is 1.99. The van der Waals surface area contributed by atoms with Crippen molar-refractivity contribution in [2.24, 2.45) is 0 Å². The summed E-state index contributed by atoms with van der Waals surface area (Å²) >= 11 is 7.31. The number of hydrogen-bond acceptors (Lipinski definition) is 5. The minimum atomic E-state index is 0.811. The zero-order valence-corrected chi connectivity index (χ0v) is 13.4. The highest BCUT2D eigenvalue weighted by Gasteiger charge is 2.20. The highest BCUT2D eigenvalue weighted by Crippen LogP contribution is 2.09. The molecule has 0 aliphatic carbocycles. The number of nitrogens with one attached hydrogen (secondary N) is 1. The lowest BCUT2D eigenvalue weighted by atomic mass is 10.3. The lowest BCUT2D eigenvalue weighted by Gasteiger charge is -2.36. The third-order valence-electron chi connectivity index (χ3n) is 3.20. The van der Waals surface area contributed by atoms with Crippen molar-refractivity contribution in [1.82, 2.24) is 20.2 Å². The van der Waals surface area contributed by atoms with Crippen LogP contribution in [-0.4, -0.2) is 64.7 Å². The largest absolute Gasteiger partial charge is 0.363 e. The maximum atomic E-state index is 5.44. The molecule has 0 unspecified atom stereocenters. The number of rotatable bonds is 5. The first kappa shape index (κ1) is 15.3. The highest BCUT2D eigenvalue weighted by atomic mass is 32.2. The fourth-order valence-corrected chi connectivity index (χ4v) is 2.81. The highest BCUT2D eigenvalue weighted by molar-refractivity contribution is 7.98. The van der Waals surface area contributed by atoms with Crippen LogP contribution in [-0.2, 0) is 0 Å². The molecule has 1 N–H and O–H groups in total. The molecule has 20 heavy (non-hydrogen) atoms. The van der Waals surface area contributed by atoms with E-state index in [2.05, 4.69) is 31.3 Å². The van der Waals surface area contributed by atoms with E-state index in [1.54, 1.807) is 12.4 Å². The molecule has 1 aromatic heterocycles. The summed E-state index contributed by atoms with van der Waals surface area (Å²) in [6.07, 6.45) is 6.85. The third kappa shape index (κ3) is 4.49. The van der Waals surface area contributed by atoms with Crippen LogP contribution in [0.15, 0.2) is 18.5 Å². The van der Waals surface area contributed by atoms with Crippen molar-refractivity contribution in [3.63, 3.8) is 0 Å². The SMILES string of the molecule is CSCCCNC(=S)N1CCN(c2ncccn2)CC1. The first-order valence-electron chi connectivity index (χ1n) is 6.85. The van der Waals surface area contributed by atoms with Gasteiger partial charge in [0.15, 0.2) is 5.11 Å². The lowest BCUT2D eigenvalue weighted by Crippen LogP contribution is -2.52. The summed E-state index contributed by atoms with van der Waals surface area (Å²) in [4.78, 5) is 13.0. The van der Waals surface area contributed by atoms with Gasteiger partial charge < -0.3 is 15.1 Å². The van der Waals surface area contributed by atoms with Gasteiger partial charge in [0, 0.05) is 45.1 Å². The number of piperazine rings is 1. The molecule has 0 radical (unpaired) electrons. The van der Waals surface area contributed by atoms with Gasteiger partial charge in [-0.2, -0.15) is 11.8 Å². The molecule has 7 heteroatoms. The summed E-state index contributed by atoms with van der Waals surface area (Å²) in [6, 6.07) is 1.84. The van der Waals surface area contributed by atoms with Crippen LogP contribution in [0.25, 0.3) is 0 Å². The van der Waals surface area contributed by atoms with Crippen LogP contribution in [0.2, 0.25) is 0 Å². The van der Waals surface area contributed by atoms with Crippen molar-refractivity contribution in [2.45, 2.75) is 6.42 Å². The van der Waals surface area contributed by atoms with Crippen LogP contribution in [0.3, 0.4) is 0 Å². The van der Waals surface area contributed by atoms with E-state index in [-0.39, 0.29) is 0 Å². The average Bonchev–Trinajstić information content (AvgIpc) is 2.52. The Hall–Kier alpha value is -1.08. The second-order valence-electron chi connectivity index (χ2n) is 4.60. The Morgan fingerprint density at radius 1 is 1.30 bits per heavy atom. The van der Waals surface area contributed by atoms with Gasteiger partial charge in [0.2, 0.25) is 5.95 Å². The number of thioether (sulfide) groups is 1. The minimum absolute atomic E-state index is 0.811. The van der Waals surface area contributed by atoms with Gasteiger partial charge in [-0.3, -0.25) is 0 Å². The quantitative estimate of drug-likeness (QED) is 0.648. The standard InChI is InChI=1S/C13H21N5S2/c1-20-11-3-6-16-13(19)18-9-7-17(8-10-18)12-14-4-2-5-15-12/h2,4-5H,3,6-11H2,1H3,(H,16,19). The van der Waals surface area contributed by atoms with E-state index in [0.717, 1.165) is 50.2 Å². The van der Waals surface area contributed by atoms with Crippen LogP contribution < -0.4 is 10.2 Å². The Balaban J connectivity index is 1.72. The number of thiocarbonyl (C=S) groups is 1. The summed E-state index contributed by atoms with van der Waals surface area (Å²) in [6.45, 7) is 4.63. The van der Waals surface area contributed by atoms with Crippen LogP contribution in [0.1, 0.15) is 6.42 Å². The summed E-state index contributed by atoms with van der Waals surface area (Å²) in [5, 5.41) is 4.21. The van der Waals surface area contributed by atoms with E-state index >= 15 is 0 Å². The molecular weight excluding hydrogens is 290 g/mol. The van der Waals surface area contributed by atoms with E-state index in [0.29, 0.717) is 0 Å². The summed E-state index contributed by atoms with van der Waals surface area (Å²) in [5.41, 5.74) is 0. The van der Waals surface area contributed by atoms with Gasteiger partial charge in [0.25, 0.3) is 0 Å². The third-order valence-corrected chi connectivity index (χ3v) is 4.30. The molecule has 0 atom stereocenters. The van der Waals surface area contributed by atoms with Crippen LogP contribution in [0.5, 0.6) is 0 Å². The maximum absolute atomic E-state index is 5.44. The smallest absolute Gasteiger partial charge is 0.225 e. The van der Waals surface area contributed by atoms with Gasteiger partial charge in [-0.25, -0.2) is 9.97 Å². The van der Waals surface area contributed by atoms with E-state index in [9.17, 15) is 0 Å². The summed E-state index contributed by atoms with van der Waals surface area (Å²) in [7, 11) is 0. The molecule has 5 nitrogen and oxygen atoms in total. The van der Waals surface area contributed by atoms with Crippen molar-refractivity contribution >= 4 is 35.0 Å².